The van der Waals surface area contributed by atoms with Crippen molar-refractivity contribution in [3.63, 3.8) is 0 Å². The third-order valence-corrected chi connectivity index (χ3v) is 5.36. The second-order valence-electron chi connectivity index (χ2n) is 6.14. The first-order valence-electron chi connectivity index (χ1n) is 8.39. The van der Waals surface area contributed by atoms with Crippen LogP contribution < -0.4 is 5.32 Å². The Bertz CT molecular complexity index is 701. The van der Waals surface area contributed by atoms with Gasteiger partial charge < -0.3 is 15.3 Å². The molecular weight excluding hydrogens is 322 g/mol. The average molecular weight is 345 g/mol. The van der Waals surface area contributed by atoms with Gasteiger partial charge in [0.25, 0.3) is 5.91 Å². The molecule has 0 unspecified atom stereocenters. The molecule has 3 rings (SSSR count). The van der Waals surface area contributed by atoms with Crippen LogP contribution in [0.25, 0.3) is 0 Å². The highest BCUT2D eigenvalue weighted by Crippen LogP contribution is 2.25. The number of rotatable bonds is 5. The molecule has 1 saturated heterocycles. The predicted octanol–water partition coefficient (Wildman–Crippen LogP) is 3.52. The highest BCUT2D eigenvalue weighted by Gasteiger charge is 2.28. The Hall–Kier alpha value is -2.08. The number of phenols is 1. The molecule has 0 bridgehead atoms. The fourth-order valence-corrected chi connectivity index (χ4v) is 3.89. The van der Waals surface area contributed by atoms with E-state index in [1.54, 1.807) is 12.1 Å². The first-order valence-corrected chi connectivity index (χ1v) is 9.27. The van der Waals surface area contributed by atoms with Crippen molar-refractivity contribution in [1.82, 2.24) is 9.88 Å². The largest absolute Gasteiger partial charge is 0.508 e. The molecule has 2 N–H and O–H groups in total. The fourth-order valence-electron chi connectivity index (χ4n) is 3.25. The lowest BCUT2D eigenvalue weighted by Gasteiger charge is -2.35. The zero-order chi connectivity index (χ0) is 16.9. The molecule has 0 radical (unpaired) electrons. The molecule has 1 atom stereocenters. The molecule has 0 aliphatic carbocycles. The van der Waals surface area contributed by atoms with Gasteiger partial charge in [-0.05, 0) is 49.8 Å². The number of nitrogens with zero attached hydrogens (tertiary/aromatic N) is 2. The smallest absolute Gasteiger partial charge is 0.273 e. The third kappa shape index (κ3) is 3.87. The number of carbonyl (C=O) groups excluding carboxylic acids is 1. The monoisotopic (exact) mass is 345 g/mol. The van der Waals surface area contributed by atoms with Crippen LogP contribution in [0, 0.1) is 0 Å². The normalized spacial score (nSPS) is 17.7. The van der Waals surface area contributed by atoms with Gasteiger partial charge in [-0.3, -0.25) is 4.79 Å². The van der Waals surface area contributed by atoms with Gasteiger partial charge in [0, 0.05) is 25.0 Å². The number of likely N-dealkylation sites (tertiary alicyclic amines) is 1. The Balaban J connectivity index is 1.67. The SMILES string of the molecule is CNc1nc(C(=O)N2CCCC[C@H]2CCc2cccc(O)c2)cs1. The molecule has 1 aromatic heterocycles. The number of benzene rings is 1. The standard InChI is InChI=1S/C18H23N3O2S/c1-19-18-20-16(12-24-18)17(23)21-10-3-2-6-14(21)9-8-13-5-4-7-15(22)11-13/h4-5,7,11-12,14,22H,2-3,6,8-10H2,1H3,(H,19,20)/t14-/m0/s1. The lowest BCUT2D eigenvalue weighted by atomic mass is 9.95. The van der Waals surface area contributed by atoms with Crippen LogP contribution in [-0.2, 0) is 6.42 Å². The first-order chi connectivity index (χ1) is 11.7. The van der Waals surface area contributed by atoms with E-state index in [1.165, 1.54) is 11.3 Å². The zero-order valence-corrected chi connectivity index (χ0v) is 14.7. The van der Waals surface area contributed by atoms with Gasteiger partial charge in [0.1, 0.15) is 11.4 Å². The second-order valence-corrected chi connectivity index (χ2v) is 7.00. The molecule has 128 valence electrons. The quantitative estimate of drug-likeness (QED) is 0.870. The minimum absolute atomic E-state index is 0.0355. The molecule has 1 aliphatic heterocycles. The molecule has 24 heavy (non-hydrogen) atoms. The Labute approximate surface area is 146 Å². The molecule has 0 spiro atoms. The van der Waals surface area contributed by atoms with Crippen molar-refractivity contribution in [2.24, 2.45) is 0 Å². The number of hydrogen-bond donors (Lipinski definition) is 2. The van der Waals surface area contributed by atoms with Crippen LogP contribution in [0.3, 0.4) is 0 Å². The van der Waals surface area contributed by atoms with Crippen LogP contribution in [0.5, 0.6) is 5.75 Å². The number of piperidine rings is 1. The lowest BCUT2D eigenvalue weighted by Crippen LogP contribution is -2.44. The molecular formula is C18H23N3O2S. The van der Waals surface area contributed by atoms with Crippen molar-refractivity contribution in [2.75, 3.05) is 18.9 Å². The molecule has 6 heteroatoms. The summed E-state index contributed by atoms with van der Waals surface area (Å²) in [5.74, 6) is 0.333. The maximum atomic E-state index is 12.8. The summed E-state index contributed by atoms with van der Waals surface area (Å²) in [6.45, 7) is 0.802. The van der Waals surface area contributed by atoms with Crippen LogP contribution in [-0.4, -0.2) is 40.5 Å². The van der Waals surface area contributed by atoms with Crippen molar-refractivity contribution in [3.05, 3.63) is 40.9 Å². The number of thiazole rings is 1. The van der Waals surface area contributed by atoms with Gasteiger partial charge in [-0.1, -0.05) is 12.1 Å². The maximum Gasteiger partial charge on any atom is 0.273 e. The summed E-state index contributed by atoms with van der Waals surface area (Å²) in [6.07, 6.45) is 5.03. The van der Waals surface area contributed by atoms with Crippen LogP contribution in [0.4, 0.5) is 5.13 Å². The van der Waals surface area contributed by atoms with E-state index in [4.69, 9.17) is 0 Å². The lowest BCUT2D eigenvalue weighted by molar-refractivity contribution is 0.0596. The summed E-state index contributed by atoms with van der Waals surface area (Å²) in [4.78, 5) is 19.1. The molecule has 5 nitrogen and oxygen atoms in total. The van der Waals surface area contributed by atoms with Gasteiger partial charge in [-0.2, -0.15) is 0 Å². The topological polar surface area (TPSA) is 65.5 Å². The number of aromatic nitrogens is 1. The summed E-state index contributed by atoms with van der Waals surface area (Å²) in [5, 5.41) is 15.2. The van der Waals surface area contributed by atoms with Crippen molar-refractivity contribution in [1.29, 1.82) is 0 Å². The summed E-state index contributed by atoms with van der Waals surface area (Å²) in [7, 11) is 1.81. The number of nitrogens with one attached hydrogen (secondary N) is 1. The van der Waals surface area contributed by atoms with Crippen molar-refractivity contribution < 1.29 is 9.90 Å². The Morgan fingerprint density at radius 3 is 3.08 bits per heavy atom. The van der Waals surface area contributed by atoms with Crippen molar-refractivity contribution >= 4 is 22.4 Å². The summed E-state index contributed by atoms with van der Waals surface area (Å²) in [6, 6.07) is 7.61. The van der Waals surface area contributed by atoms with Crippen LogP contribution in [0.2, 0.25) is 0 Å². The van der Waals surface area contributed by atoms with Crippen molar-refractivity contribution in [3.8, 4) is 5.75 Å². The molecule has 1 amide bonds. The van der Waals surface area contributed by atoms with Crippen LogP contribution in [0.15, 0.2) is 29.6 Å². The number of amides is 1. The minimum Gasteiger partial charge on any atom is -0.508 e. The maximum absolute atomic E-state index is 12.8. The van der Waals surface area contributed by atoms with E-state index in [1.807, 2.05) is 29.5 Å². The molecule has 1 aromatic carbocycles. The number of carbonyl (C=O) groups is 1. The molecule has 2 heterocycles. The van der Waals surface area contributed by atoms with E-state index in [9.17, 15) is 9.90 Å². The van der Waals surface area contributed by atoms with Gasteiger partial charge in [0.2, 0.25) is 0 Å². The van der Waals surface area contributed by atoms with E-state index in [0.29, 0.717) is 11.4 Å². The third-order valence-electron chi connectivity index (χ3n) is 4.50. The number of anilines is 1. The minimum atomic E-state index is 0.0355. The molecule has 0 saturated carbocycles. The van der Waals surface area contributed by atoms with E-state index in [2.05, 4.69) is 10.3 Å². The highest BCUT2D eigenvalue weighted by molar-refractivity contribution is 7.13. The number of phenolic OH excluding ortho intramolecular Hbond substituents is 1. The van der Waals surface area contributed by atoms with Gasteiger partial charge in [-0.25, -0.2) is 4.98 Å². The second kappa shape index (κ2) is 7.66. The molecule has 2 aromatic rings. The Kier molecular flexibility index (Phi) is 5.35. The highest BCUT2D eigenvalue weighted by atomic mass is 32.1. The summed E-state index contributed by atoms with van der Waals surface area (Å²) in [5.41, 5.74) is 1.65. The van der Waals surface area contributed by atoms with E-state index >= 15 is 0 Å². The summed E-state index contributed by atoms with van der Waals surface area (Å²) < 4.78 is 0. The molecule has 1 fully saturated rings. The van der Waals surface area contributed by atoms with Gasteiger partial charge in [0.05, 0.1) is 0 Å². The average Bonchev–Trinajstić information content (AvgIpc) is 3.09. The first kappa shape index (κ1) is 16.8. The van der Waals surface area contributed by atoms with Gasteiger partial charge >= 0.3 is 0 Å². The van der Waals surface area contributed by atoms with Crippen molar-refractivity contribution in [2.45, 2.75) is 38.1 Å². The van der Waals surface area contributed by atoms with Gasteiger partial charge in [0.15, 0.2) is 5.13 Å². The van der Waals surface area contributed by atoms with E-state index in [-0.39, 0.29) is 11.9 Å². The van der Waals surface area contributed by atoms with E-state index < -0.39 is 0 Å². The van der Waals surface area contributed by atoms with E-state index in [0.717, 1.165) is 49.3 Å². The fraction of sp³-hybridized carbons (Fsp3) is 0.444. The van der Waals surface area contributed by atoms with Gasteiger partial charge in [-0.15, -0.1) is 11.3 Å². The zero-order valence-electron chi connectivity index (χ0n) is 13.9. The molecule has 1 aliphatic rings. The predicted molar refractivity (Wildman–Crippen MR) is 96.8 cm³/mol. The number of aromatic hydroxyl groups is 1. The Morgan fingerprint density at radius 1 is 1.46 bits per heavy atom. The Morgan fingerprint density at radius 2 is 2.33 bits per heavy atom. The van der Waals surface area contributed by atoms with Crippen LogP contribution >= 0.6 is 11.3 Å². The number of hydrogen-bond acceptors (Lipinski definition) is 5. The van der Waals surface area contributed by atoms with Crippen LogP contribution in [0.1, 0.15) is 41.7 Å². The number of aryl methyl sites for hydroxylation is 1. The summed E-state index contributed by atoms with van der Waals surface area (Å²) >= 11 is 1.46.